The number of benzene rings is 2. The molecule has 0 aliphatic rings. The highest BCUT2D eigenvalue weighted by atomic mass is 79.9. The number of halogens is 4. The second-order valence-corrected chi connectivity index (χ2v) is 6.20. The minimum Gasteiger partial charge on any atom is -0.321 e. The highest BCUT2D eigenvalue weighted by molar-refractivity contribution is 9.11. The van der Waals surface area contributed by atoms with Gasteiger partial charge in [0.2, 0.25) is 0 Å². The van der Waals surface area contributed by atoms with Gasteiger partial charge in [0.15, 0.2) is 0 Å². The van der Waals surface area contributed by atoms with Crippen molar-refractivity contribution in [1.29, 1.82) is 0 Å². The van der Waals surface area contributed by atoms with Crippen LogP contribution in [0.5, 0.6) is 0 Å². The van der Waals surface area contributed by atoms with E-state index in [0.29, 0.717) is 25.8 Å². The van der Waals surface area contributed by atoms with E-state index in [1.54, 1.807) is 36.4 Å². The molecule has 1 N–H and O–H groups in total. The first kappa shape index (κ1) is 14.9. The van der Waals surface area contributed by atoms with Crippen LogP contribution in [0.1, 0.15) is 10.4 Å². The summed E-state index contributed by atoms with van der Waals surface area (Å²) in [5, 5.41) is 3.67. The Kier molecular flexibility index (Phi) is 4.90. The number of rotatable bonds is 2. The number of nitrogens with one attached hydrogen (secondary N) is 1. The minimum atomic E-state index is -0.297. The largest absolute Gasteiger partial charge is 0.321 e. The van der Waals surface area contributed by atoms with E-state index in [9.17, 15) is 4.79 Å². The maximum atomic E-state index is 12.2. The van der Waals surface area contributed by atoms with E-state index in [2.05, 4.69) is 37.2 Å². The van der Waals surface area contributed by atoms with Gasteiger partial charge in [-0.05, 0) is 62.2 Å². The van der Waals surface area contributed by atoms with Crippen molar-refractivity contribution < 1.29 is 4.79 Å². The molecule has 0 atom stereocenters. The van der Waals surface area contributed by atoms with Crippen molar-refractivity contribution in [2.75, 3.05) is 5.32 Å². The zero-order chi connectivity index (χ0) is 14.0. The highest BCUT2D eigenvalue weighted by Gasteiger charge is 2.13. The molecule has 0 fully saturated rings. The normalized spacial score (nSPS) is 10.3. The molecule has 0 bridgehead atoms. The Morgan fingerprint density at radius 2 is 1.79 bits per heavy atom. The lowest BCUT2D eigenvalue weighted by Gasteiger charge is -2.09. The first-order valence-electron chi connectivity index (χ1n) is 5.19. The molecule has 6 heteroatoms. The monoisotopic (exact) mass is 421 g/mol. The van der Waals surface area contributed by atoms with E-state index in [1.807, 2.05) is 0 Å². The Balaban J connectivity index is 2.31. The molecule has 2 aromatic rings. The molecule has 0 heterocycles. The number of amides is 1. The average Bonchev–Trinajstić information content (AvgIpc) is 2.37. The molecule has 2 nitrogen and oxygen atoms in total. The molecule has 0 spiro atoms. The van der Waals surface area contributed by atoms with Gasteiger partial charge in [-0.3, -0.25) is 4.79 Å². The van der Waals surface area contributed by atoms with Gasteiger partial charge in [-0.15, -0.1) is 0 Å². The molecule has 0 radical (unpaired) electrons. The van der Waals surface area contributed by atoms with Crippen LogP contribution < -0.4 is 5.32 Å². The summed E-state index contributed by atoms with van der Waals surface area (Å²) in [4.78, 5) is 12.2. The second-order valence-electron chi connectivity index (χ2n) is 3.68. The van der Waals surface area contributed by atoms with Crippen LogP contribution in [-0.4, -0.2) is 5.91 Å². The van der Waals surface area contributed by atoms with Crippen LogP contribution in [0, 0.1) is 0 Å². The third kappa shape index (κ3) is 3.51. The van der Waals surface area contributed by atoms with Crippen molar-refractivity contribution >= 4 is 66.7 Å². The molecular weight excluding hydrogens is 417 g/mol. The molecule has 1 amide bonds. The van der Waals surface area contributed by atoms with Crippen LogP contribution in [0.15, 0.2) is 45.3 Å². The predicted octanol–water partition coefficient (Wildman–Crippen LogP) is 5.77. The van der Waals surface area contributed by atoms with Crippen molar-refractivity contribution in [3.05, 3.63) is 61.0 Å². The zero-order valence-corrected chi connectivity index (χ0v) is 14.1. The molecule has 19 heavy (non-hydrogen) atoms. The van der Waals surface area contributed by atoms with Gasteiger partial charge >= 0.3 is 0 Å². The van der Waals surface area contributed by atoms with Crippen molar-refractivity contribution in [3.8, 4) is 0 Å². The van der Waals surface area contributed by atoms with Gasteiger partial charge in [-0.1, -0.05) is 29.3 Å². The Morgan fingerprint density at radius 1 is 1.05 bits per heavy atom. The number of carbonyl (C=O) groups excluding carboxylic acids is 1. The lowest BCUT2D eigenvalue weighted by molar-refractivity contribution is 0.102. The third-order valence-corrected chi connectivity index (χ3v) is 4.60. The molecule has 0 aliphatic carbocycles. The summed E-state index contributed by atoms with van der Waals surface area (Å²) in [6, 6.07) is 10.3. The fraction of sp³-hybridized carbons (Fsp3) is 0. The topological polar surface area (TPSA) is 29.1 Å². The zero-order valence-electron chi connectivity index (χ0n) is 9.38. The van der Waals surface area contributed by atoms with Crippen LogP contribution >= 0.6 is 55.1 Å². The van der Waals surface area contributed by atoms with Crippen molar-refractivity contribution in [1.82, 2.24) is 0 Å². The van der Waals surface area contributed by atoms with Crippen LogP contribution in [-0.2, 0) is 0 Å². The van der Waals surface area contributed by atoms with Crippen LogP contribution in [0.25, 0.3) is 0 Å². The molecule has 2 aromatic carbocycles. The summed E-state index contributed by atoms with van der Waals surface area (Å²) in [6.45, 7) is 0. The highest BCUT2D eigenvalue weighted by Crippen LogP contribution is 2.29. The second kappa shape index (κ2) is 6.27. The SMILES string of the molecule is O=C(Nc1cc(Cl)ccc1Br)c1cccc(Br)c1Cl. The van der Waals surface area contributed by atoms with Gasteiger partial charge in [0.1, 0.15) is 0 Å². The molecule has 0 aromatic heterocycles. The fourth-order valence-electron chi connectivity index (χ4n) is 1.46. The van der Waals surface area contributed by atoms with Crippen molar-refractivity contribution in [2.24, 2.45) is 0 Å². The first-order chi connectivity index (χ1) is 8.99. The summed E-state index contributed by atoms with van der Waals surface area (Å²) in [5.74, 6) is -0.297. The van der Waals surface area contributed by atoms with Crippen molar-refractivity contribution in [2.45, 2.75) is 0 Å². The molecule has 98 valence electrons. The van der Waals surface area contributed by atoms with Gasteiger partial charge in [0.05, 0.1) is 16.3 Å². The van der Waals surface area contributed by atoms with Gasteiger partial charge in [-0.2, -0.15) is 0 Å². The van der Waals surface area contributed by atoms with Crippen LogP contribution in [0.4, 0.5) is 5.69 Å². The summed E-state index contributed by atoms with van der Waals surface area (Å²) in [6.07, 6.45) is 0. The van der Waals surface area contributed by atoms with Gasteiger partial charge in [0.25, 0.3) is 5.91 Å². The standard InChI is InChI=1S/C13H7Br2Cl2NO/c14-9-5-4-7(16)6-11(9)18-13(19)8-2-1-3-10(15)12(8)17/h1-6H,(H,18,19). The number of anilines is 1. The van der Waals surface area contributed by atoms with E-state index in [0.717, 1.165) is 4.47 Å². The van der Waals surface area contributed by atoms with E-state index in [-0.39, 0.29) is 5.91 Å². The lowest BCUT2D eigenvalue weighted by atomic mass is 10.2. The van der Waals surface area contributed by atoms with Gasteiger partial charge in [0, 0.05) is 14.0 Å². The third-order valence-electron chi connectivity index (χ3n) is 2.37. The fourth-order valence-corrected chi connectivity index (χ4v) is 2.56. The quantitative estimate of drug-likeness (QED) is 0.652. The van der Waals surface area contributed by atoms with E-state index >= 15 is 0 Å². The molecule has 0 saturated carbocycles. The van der Waals surface area contributed by atoms with E-state index in [1.165, 1.54) is 0 Å². The Bertz CT molecular complexity index is 647. The molecular formula is C13H7Br2Cl2NO. The Hall–Kier alpha value is -0.550. The Morgan fingerprint density at radius 3 is 2.53 bits per heavy atom. The molecule has 0 unspecified atom stereocenters. The molecule has 2 rings (SSSR count). The van der Waals surface area contributed by atoms with Crippen LogP contribution in [0.2, 0.25) is 10.0 Å². The number of carbonyl (C=O) groups is 1. The van der Waals surface area contributed by atoms with E-state index in [4.69, 9.17) is 23.2 Å². The lowest BCUT2D eigenvalue weighted by Crippen LogP contribution is -2.13. The molecule has 0 aliphatic heterocycles. The number of hydrogen-bond donors (Lipinski definition) is 1. The summed E-state index contributed by atoms with van der Waals surface area (Å²) >= 11 is 18.6. The number of hydrogen-bond acceptors (Lipinski definition) is 1. The maximum Gasteiger partial charge on any atom is 0.257 e. The summed E-state index contributed by atoms with van der Waals surface area (Å²) < 4.78 is 1.42. The summed E-state index contributed by atoms with van der Waals surface area (Å²) in [5.41, 5.74) is 0.983. The van der Waals surface area contributed by atoms with Crippen LogP contribution in [0.3, 0.4) is 0 Å². The first-order valence-corrected chi connectivity index (χ1v) is 7.53. The predicted molar refractivity (Wildman–Crippen MR) is 86.3 cm³/mol. The smallest absolute Gasteiger partial charge is 0.257 e. The summed E-state index contributed by atoms with van der Waals surface area (Å²) in [7, 11) is 0. The minimum absolute atomic E-state index is 0.297. The molecule has 0 saturated heterocycles. The van der Waals surface area contributed by atoms with Gasteiger partial charge in [-0.25, -0.2) is 0 Å². The van der Waals surface area contributed by atoms with Gasteiger partial charge < -0.3 is 5.32 Å². The van der Waals surface area contributed by atoms with Crippen molar-refractivity contribution in [3.63, 3.8) is 0 Å². The Labute approximate surface area is 137 Å². The maximum absolute atomic E-state index is 12.2. The average molecular weight is 424 g/mol. The van der Waals surface area contributed by atoms with E-state index < -0.39 is 0 Å².